The quantitative estimate of drug-likeness (QED) is 0.540. The highest BCUT2D eigenvalue weighted by Crippen LogP contribution is 2.34. The van der Waals surface area contributed by atoms with Gasteiger partial charge >= 0.3 is 5.97 Å². The molecule has 0 bridgehead atoms. The summed E-state index contributed by atoms with van der Waals surface area (Å²) in [4.78, 5) is 16.7. The highest BCUT2D eigenvalue weighted by molar-refractivity contribution is 5.86. The molecule has 0 aliphatic carbocycles. The topological polar surface area (TPSA) is 43.8 Å². The molecule has 0 aromatic heterocycles. The van der Waals surface area contributed by atoms with Crippen molar-refractivity contribution in [2.75, 3.05) is 36.0 Å². The Morgan fingerprint density at radius 3 is 1.45 bits per heavy atom. The van der Waals surface area contributed by atoms with Gasteiger partial charge in [0, 0.05) is 37.6 Å². The Morgan fingerprint density at radius 1 is 0.862 bits per heavy atom. The Morgan fingerprint density at radius 2 is 1.21 bits per heavy atom. The van der Waals surface area contributed by atoms with Crippen LogP contribution in [0, 0.1) is 0 Å². The van der Waals surface area contributed by atoms with Crippen LogP contribution in [-0.2, 0) is 10.2 Å². The van der Waals surface area contributed by atoms with E-state index < -0.39 is 11.4 Å². The Kier molecular flexibility index (Phi) is 7.66. The van der Waals surface area contributed by atoms with Crippen LogP contribution in [-0.4, -0.2) is 37.3 Å². The van der Waals surface area contributed by atoms with Crippen molar-refractivity contribution in [1.82, 2.24) is 0 Å². The van der Waals surface area contributed by atoms with E-state index in [-0.39, 0.29) is 0 Å². The molecule has 0 saturated carbocycles. The molecule has 4 nitrogen and oxygen atoms in total. The molecule has 0 fully saturated rings. The third-order valence-electron chi connectivity index (χ3n) is 5.51. The average Bonchev–Trinajstić information content (AvgIpc) is 2.75. The number of carbonyl (C=O) groups is 1. The van der Waals surface area contributed by atoms with Gasteiger partial charge in [-0.25, -0.2) is 0 Å². The summed E-state index contributed by atoms with van der Waals surface area (Å²) >= 11 is 0. The minimum Gasteiger partial charge on any atom is -0.480 e. The summed E-state index contributed by atoms with van der Waals surface area (Å²) in [5.41, 5.74) is 2.51. The largest absolute Gasteiger partial charge is 0.480 e. The van der Waals surface area contributed by atoms with Crippen LogP contribution in [0.5, 0.6) is 0 Å². The first-order valence-electron chi connectivity index (χ1n) is 10.1. The number of aliphatic carboxylic acids is 1. The SMILES string of the molecule is C=CCN(CC)c1ccc(C(C)(C(=O)O)c2ccc(N(CC)CC=C)cc2)cc1. The molecule has 0 aliphatic heterocycles. The summed E-state index contributed by atoms with van der Waals surface area (Å²) in [6, 6.07) is 15.6. The molecule has 154 valence electrons. The van der Waals surface area contributed by atoms with Crippen LogP contribution in [0.4, 0.5) is 11.4 Å². The van der Waals surface area contributed by atoms with Gasteiger partial charge in [0.25, 0.3) is 0 Å². The number of nitrogens with zero attached hydrogens (tertiary/aromatic N) is 2. The summed E-state index contributed by atoms with van der Waals surface area (Å²) in [5.74, 6) is -0.866. The van der Waals surface area contributed by atoms with Gasteiger partial charge in [0.05, 0.1) is 0 Å². The van der Waals surface area contributed by atoms with Crippen molar-refractivity contribution in [2.24, 2.45) is 0 Å². The maximum absolute atomic E-state index is 12.3. The summed E-state index contributed by atoms with van der Waals surface area (Å²) in [7, 11) is 0. The van der Waals surface area contributed by atoms with E-state index in [1.165, 1.54) is 0 Å². The normalized spacial score (nSPS) is 11.0. The van der Waals surface area contributed by atoms with Crippen LogP contribution in [0.2, 0.25) is 0 Å². The lowest BCUT2D eigenvalue weighted by molar-refractivity contribution is -0.141. The van der Waals surface area contributed by atoms with E-state index in [4.69, 9.17) is 0 Å². The van der Waals surface area contributed by atoms with Crippen LogP contribution in [0.25, 0.3) is 0 Å². The number of benzene rings is 2. The van der Waals surface area contributed by atoms with Crippen molar-refractivity contribution in [3.63, 3.8) is 0 Å². The molecular formula is C25H32N2O2. The first-order chi connectivity index (χ1) is 13.9. The smallest absolute Gasteiger partial charge is 0.318 e. The van der Waals surface area contributed by atoms with Gasteiger partial charge in [-0.15, -0.1) is 13.2 Å². The first kappa shape index (κ1) is 22.3. The first-order valence-corrected chi connectivity index (χ1v) is 10.1. The number of carboxylic acids is 1. The van der Waals surface area contributed by atoms with Crippen LogP contribution in [0.15, 0.2) is 73.8 Å². The monoisotopic (exact) mass is 392 g/mol. The predicted molar refractivity (Wildman–Crippen MR) is 123 cm³/mol. The molecule has 0 saturated heterocycles. The third kappa shape index (κ3) is 4.70. The van der Waals surface area contributed by atoms with Gasteiger partial charge in [-0.1, -0.05) is 36.4 Å². The Balaban J connectivity index is 2.39. The summed E-state index contributed by atoms with van der Waals surface area (Å²) < 4.78 is 0. The lowest BCUT2D eigenvalue weighted by Crippen LogP contribution is -2.34. The lowest BCUT2D eigenvalue weighted by atomic mass is 9.76. The average molecular weight is 393 g/mol. The highest BCUT2D eigenvalue weighted by atomic mass is 16.4. The van der Waals surface area contributed by atoms with Crippen LogP contribution >= 0.6 is 0 Å². The number of likely N-dealkylation sites (N-methyl/N-ethyl adjacent to an activating group) is 2. The molecule has 0 aliphatic rings. The van der Waals surface area contributed by atoms with Crippen LogP contribution in [0.1, 0.15) is 31.9 Å². The van der Waals surface area contributed by atoms with Crippen molar-refractivity contribution >= 4 is 17.3 Å². The van der Waals surface area contributed by atoms with Gasteiger partial charge in [-0.2, -0.15) is 0 Å². The maximum atomic E-state index is 12.3. The molecule has 2 aromatic rings. The molecule has 4 heteroatoms. The second-order valence-electron chi connectivity index (χ2n) is 7.18. The number of hydrogen-bond acceptors (Lipinski definition) is 3. The van der Waals surface area contributed by atoms with E-state index in [2.05, 4.69) is 36.8 Å². The minimum absolute atomic E-state index is 0.756. The zero-order valence-electron chi connectivity index (χ0n) is 17.8. The standard InChI is InChI=1S/C25H32N2O2/c1-6-18-26(8-3)22-14-10-20(11-15-22)25(5,24(28)29)21-12-16-23(17-13-21)27(9-4)19-7-2/h6-7,10-17H,1-2,8-9,18-19H2,3-5H3,(H,28,29). The molecule has 29 heavy (non-hydrogen) atoms. The number of hydrogen-bond donors (Lipinski definition) is 1. The fourth-order valence-electron chi connectivity index (χ4n) is 3.57. The van der Waals surface area contributed by atoms with E-state index in [9.17, 15) is 9.90 Å². The van der Waals surface area contributed by atoms with E-state index in [1.807, 2.05) is 60.7 Å². The van der Waals surface area contributed by atoms with Crippen molar-refractivity contribution in [2.45, 2.75) is 26.2 Å². The second kappa shape index (κ2) is 9.97. The Hall–Kier alpha value is -3.01. The van der Waals surface area contributed by atoms with Crippen molar-refractivity contribution < 1.29 is 9.90 Å². The van der Waals surface area contributed by atoms with Crippen molar-refractivity contribution in [1.29, 1.82) is 0 Å². The van der Waals surface area contributed by atoms with Crippen molar-refractivity contribution in [3.8, 4) is 0 Å². The van der Waals surface area contributed by atoms with E-state index in [0.717, 1.165) is 48.7 Å². The zero-order valence-corrected chi connectivity index (χ0v) is 17.8. The van der Waals surface area contributed by atoms with Crippen LogP contribution in [0.3, 0.4) is 0 Å². The fraction of sp³-hybridized carbons (Fsp3) is 0.320. The molecule has 2 aromatic carbocycles. The zero-order chi connectivity index (χ0) is 21.4. The Labute approximate surface area is 174 Å². The molecule has 1 N–H and O–H groups in total. The number of rotatable bonds is 11. The highest BCUT2D eigenvalue weighted by Gasteiger charge is 2.37. The molecule has 0 amide bonds. The van der Waals surface area contributed by atoms with Crippen LogP contribution < -0.4 is 9.80 Å². The van der Waals surface area contributed by atoms with Gasteiger partial charge in [0.1, 0.15) is 5.41 Å². The summed E-state index contributed by atoms with van der Waals surface area (Å²) in [6.07, 6.45) is 3.73. The summed E-state index contributed by atoms with van der Waals surface area (Å²) in [6.45, 7) is 16.8. The van der Waals surface area contributed by atoms with Gasteiger partial charge in [-0.05, 0) is 56.2 Å². The van der Waals surface area contributed by atoms with E-state index in [0.29, 0.717) is 0 Å². The van der Waals surface area contributed by atoms with Crippen molar-refractivity contribution in [3.05, 3.63) is 85.0 Å². The van der Waals surface area contributed by atoms with E-state index in [1.54, 1.807) is 6.92 Å². The molecule has 0 unspecified atom stereocenters. The lowest BCUT2D eigenvalue weighted by Gasteiger charge is -2.29. The third-order valence-corrected chi connectivity index (χ3v) is 5.51. The summed E-state index contributed by atoms with van der Waals surface area (Å²) in [5, 5.41) is 10.1. The molecule has 0 spiro atoms. The van der Waals surface area contributed by atoms with E-state index >= 15 is 0 Å². The molecule has 0 radical (unpaired) electrons. The molecule has 0 atom stereocenters. The maximum Gasteiger partial charge on any atom is 0.318 e. The fourth-order valence-corrected chi connectivity index (χ4v) is 3.57. The molecule has 0 heterocycles. The number of anilines is 2. The predicted octanol–water partition coefficient (Wildman–Crippen LogP) is 5.10. The number of carboxylic acid groups (broad SMARTS) is 1. The van der Waals surface area contributed by atoms with Gasteiger partial charge in [0.2, 0.25) is 0 Å². The minimum atomic E-state index is -1.12. The van der Waals surface area contributed by atoms with Gasteiger partial charge < -0.3 is 14.9 Å². The molecule has 2 rings (SSSR count). The van der Waals surface area contributed by atoms with Gasteiger partial charge in [-0.3, -0.25) is 4.79 Å². The molecular weight excluding hydrogens is 360 g/mol. The second-order valence-corrected chi connectivity index (χ2v) is 7.18. The van der Waals surface area contributed by atoms with Gasteiger partial charge in [0.15, 0.2) is 0 Å². The Bertz CT molecular complexity index is 763.